The second kappa shape index (κ2) is 5.84. The van der Waals surface area contributed by atoms with Gasteiger partial charge in [0, 0.05) is 6.42 Å². The maximum atomic E-state index is 12.2. The van der Waals surface area contributed by atoms with Gasteiger partial charge in [0.1, 0.15) is 5.75 Å². The van der Waals surface area contributed by atoms with E-state index < -0.39 is 6.61 Å². The third-order valence-corrected chi connectivity index (χ3v) is 2.79. The van der Waals surface area contributed by atoms with Gasteiger partial charge in [-0.15, -0.1) is 11.8 Å². The van der Waals surface area contributed by atoms with E-state index in [1.165, 1.54) is 17.8 Å². The van der Waals surface area contributed by atoms with Gasteiger partial charge in [-0.2, -0.15) is 8.78 Å². The molecule has 1 aromatic carbocycles. The molecule has 5 heteroatoms. The van der Waals surface area contributed by atoms with Crippen LogP contribution >= 0.6 is 11.8 Å². The number of ether oxygens (including phenoxy) is 1. The van der Waals surface area contributed by atoms with Crippen LogP contribution in [-0.2, 0) is 0 Å². The molecule has 0 heterocycles. The van der Waals surface area contributed by atoms with Crippen molar-refractivity contribution in [3.63, 3.8) is 0 Å². The molecule has 0 aliphatic heterocycles. The average Bonchev–Trinajstić information content (AvgIpc) is 2.27. The normalized spacial score (nSPS) is 10.6. The first-order chi connectivity index (χ1) is 7.60. The van der Waals surface area contributed by atoms with E-state index in [0.717, 1.165) is 0 Å². The zero-order chi connectivity index (χ0) is 12.1. The predicted molar refractivity (Wildman–Crippen MR) is 59.5 cm³/mol. The van der Waals surface area contributed by atoms with Crippen LogP contribution in [0.15, 0.2) is 23.1 Å². The smallest absolute Gasteiger partial charge is 0.387 e. The van der Waals surface area contributed by atoms with Crippen LogP contribution in [0.1, 0.15) is 23.7 Å². The maximum absolute atomic E-state index is 12.2. The number of hydrogen-bond acceptors (Lipinski definition) is 3. The average molecular weight is 246 g/mol. The zero-order valence-electron chi connectivity index (χ0n) is 9.00. The Morgan fingerprint density at radius 3 is 2.69 bits per heavy atom. The molecule has 0 aromatic heterocycles. The van der Waals surface area contributed by atoms with E-state index in [0.29, 0.717) is 4.90 Å². The lowest BCUT2D eigenvalue weighted by Gasteiger charge is -2.12. The minimum atomic E-state index is -2.92. The first kappa shape index (κ1) is 13.0. The first-order valence-corrected chi connectivity index (χ1v) is 5.97. The minimum Gasteiger partial charge on any atom is -0.433 e. The molecule has 1 rings (SSSR count). The summed E-state index contributed by atoms with van der Waals surface area (Å²) in [5.41, 5.74) is 0.217. The van der Waals surface area contributed by atoms with E-state index >= 15 is 0 Å². The summed E-state index contributed by atoms with van der Waals surface area (Å²) in [6.07, 6.45) is 2.01. The van der Waals surface area contributed by atoms with Crippen molar-refractivity contribution < 1.29 is 18.3 Å². The second-order valence-corrected chi connectivity index (χ2v) is 3.84. The summed E-state index contributed by atoms with van der Waals surface area (Å²) >= 11 is 1.27. The molecular formula is C11H12F2O2S. The van der Waals surface area contributed by atoms with Crippen LogP contribution < -0.4 is 4.74 Å². The van der Waals surface area contributed by atoms with Gasteiger partial charge in [-0.25, -0.2) is 0 Å². The SMILES string of the molecule is CCC(=O)c1cccc(SC)c1OC(F)F. The third kappa shape index (κ3) is 2.95. The summed E-state index contributed by atoms with van der Waals surface area (Å²) in [6.45, 7) is -1.24. The highest BCUT2D eigenvalue weighted by molar-refractivity contribution is 7.98. The number of Topliss-reactive ketones (excluding diaryl/α,β-unsaturated/α-hetero) is 1. The lowest BCUT2D eigenvalue weighted by Crippen LogP contribution is -2.08. The number of alkyl halides is 2. The molecule has 2 nitrogen and oxygen atoms in total. The Hall–Kier alpha value is -1.10. The largest absolute Gasteiger partial charge is 0.433 e. The number of benzene rings is 1. The molecule has 0 fully saturated rings. The summed E-state index contributed by atoms with van der Waals surface area (Å²) in [6, 6.07) is 4.81. The maximum Gasteiger partial charge on any atom is 0.387 e. The summed E-state index contributed by atoms with van der Waals surface area (Å²) in [5.74, 6) is -0.219. The Labute approximate surface area is 97.0 Å². The van der Waals surface area contributed by atoms with E-state index in [1.807, 2.05) is 0 Å². The van der Waals surface area contributed by atoms with Crippen LogP contribution in [0.4, 0.5) is 8.78 Å². The van der Waals surface area contributed by atoms with E-state index in [1.54, 1.807) is 25.3 Å². The number of thioether (sulfide) groups is 1. The van der Waals surface area contributed by atoms with Gasteiger partial charge >= 0.3 is 6.61 Å². The van der Waals surface area contributed by atoms with Crippen LogP contribution in [0.5, 0.6) is 5.75 Å². The molecule has 0 amide bonds. The minimum absolute atomic E-state index is 0.0168. The van der Waals surface area contributed by atoms with Crippen molar-refractivity contribution in [1.82, 2.24) is 0 Å². The van der Waals surface area contributed by atoms with E-state index in [9.17, 15) is 13.6 Å². The Morgan fingerprint density at radius 1 is 1.50 bits per heavy atom. The zero-order valence-corrected chi connectivity index (χ0v) is 9.81. The highest BCUT2D eigenvalue weighted by Crippen LogP contribution is 2.33. The topological polar surface area (TPSA) is 26.3 Å². The van der Waals surface area contributed by atoms with Gasteiger partial charge in [-0.05, 0) is 18.4 Å². The molecule has 0 aliphatic carbocycles. The quantitative estimate of drug-likeness (QED) is 0.586. The molecule has 0 spiro atoms. The van der Waals surface area contributed by atoms with Crippen LogP contribution in [0.2, 0.25) is 0 Å². The highest BCUT2D eigenvalue weighted by Gasteiger charge is 2.17. The molecule has 0 saturated carbocycles. The summed E-state index contributed by atoms with van der Waals surface area (Å²) in [4.78, 5) is 12.1. The van der Waals surface area contributed by atoms with Crippen LogP contribution in [0.25, 0.3) is 0 Å². The molecule has 1 aromatic rings. The molecule has 0 saturated heterocycles. The van der Waals surface area contributed by atoms with E-state index in [4.69, 9.17) is 0 Å². The van der Waals surface area contributed by atoms with Crippen molar-refractivity contribution in [3.05, 3.63) is 23.8 Å². The van der Waals surface area contributed by atoms with Crippen molar-refractivity contribution in [3.8, 4) is 5.75 Å². The van der Waals surface area contributed by atoms with Crippen molar-refractivity contribution in [2.24, 2.45) is 0 Å². The number of hydrogen-bond donors (Lipinski definition) is 0. The van der Waals surface area contributed by atoms with Crippen LogP contribution in [0, 0.1) is 0 Å². The van der Waals surface area contributed by atoms with E-state index in [-0.39, 0.29) is 23.5 Å². The second-order valence-electron chi connectivity index (χ2n) is 2.99. The molecule has 0 atom stereocenters. The lowest BCUT2D eigenvalue weighted by atomic mass is 10.1. The van der Waals surface area contributed by atoms with Crippen LogP contribution in [0.3, 0.4) is 0 Å². The molecule has 0 radical (unpaired) electrons. The van der Waals surface area contributed by atoms with Gasteiger partial charge < -0.3 is 4.74 Å². The number of para-hydroxylation sites is 1. The fourth-order valence-corrected chi connectivity index (χ4v) is 1.86. The Balaban J connectivity index is 3.20. The van der Waals surface area contributed by atoms with E-state index in [2.05, 4.69) is 4.74 Å². The third-order valence-electron chi connectivity index (χ3n) is 2.03. The van der Waals surface area contributed by atoms with Gasteiger partial charge in [0.25, 0.3) is 0 Å². The molecule has 0 unspecified atom stereocenters. The molecule has 0 bridgehead atoms. The number of ketones is 1. The Morgan fingerprint density at radius 2 is 2.19 bits per heavy atom. The molecule has 0 aliphatic rings. The number of halogens is 2. The van der Waals surface area contributed by atoms with Gasteiger partial charge in [-0.1, -0.05) is 13.0 Å². The number of carbonyl (C=O) groups excluding carboxylic acids is 1. The van der Waals surface area contributed by atoms with Gasteiger partial charge in [0.2, 0.25) is 0 Å². The van der Waals surface area contributed by atoms with Crippen molar-refractivity contribution >= 4 is 17.5 Å². The monoisotopic (exact) mass is 246 g/mol. The molecule has 16 heavy (non-hydrogen) atoms. The summed E-state index contributed by atoms with van der Waals surface area (Å²) in [7, 11) is 0. The molecule has 88 valence electrons. The van der Waals surface area contributed by atoms with Crippen molar-refractivity contribution in [1.29, 1.82) is 0 Å². The predicted octanol–water partition coefficient (Wildman–Crippen LogP) is 3.60. The number of carbonyl (C=O) groups is 1. The molecule has 0 N–H and O–H groups in total. The molecular weight excluding hydrogens is 234 g/mol. The van der Waals surface area contributed by atoms with Gasteiger partial charge in [0.15, 0.2) is 5.78 Å². The van der Waals surface area contributed by atoms with Gasteiger partial charge in [0.05, 0.1) is 10.5 Å². The lowest BCUT2D eigenvalue weighted by molar-refractivity contribution is -0.0519. The summed E-state index contributed by atoms with van der Waals surface area (Å²) < 4.78 is 28.9. The highest BCUT2D eigenvalue weighted by atomic mass is 32.2. The standard InChI is InChI=1S/C11H12F2O2S/c1-3-8(14)7-5-4-6-9(16-2)10(7)15-11(12)13/h4-6,11H,3H2,1-2H3. The van der Waals surface area contributed by atoms with Crippen molar-refractivity contribution in [2.75, 3.05) is 6.26 Å². The van der Waals surface area contributed by atoms with Gasteiger partial charge in [-0.3, -0.25) is 4.79 Å². The Kier molecular flexibility index (Phi) is 4.73. The number of rotatable bonds is 5. The fraction of sp³-hybridized carbons (Fsp3) is 0.364. The van der Waals surface area contributed by atoms with Crippen LogP contribution in [-0.4, -0.2) is 18.7 Å². The fourth-order valence-electron chi connectivity index (χ4n) is 1.30. The first-order valence-electron chi connectivity index (χ1n) is 4.75. The van der Waals surface area contributed by atoms with Crippen molar-refractivity contribution in [2.45, 2.75) is 24.9 Å². The summed E-state index contributed by atoms with van der Waals surface area (Å²) in [5, 5.41) is 0. The Bertz CT molecular complexity index is 380.